The van der Waals surface area contributed by atoms with Gasteiger partial charge < -0.3 is 20.1 Å². The lowest BCUT2D eigenvalue weighted by Gasteiger charge is -2.11. The number of aromatic nitrogens is 4. The Morgan fingerprint density at radius 3 is 2.43 bits per heavy atom. The van der Waals surface area contributed by atoms with Gasteiger partial charge in [0.15, 0.2) is 12.4 Å². The molecule has 9 heteroatoms. The first kappa shape index (κ1) is 21.1. The van der Waals surface area contributed by atoms with Gasteiger partial charge in [0, 0.05) is 24.8 Å². The van der Waals surface area contributed by atoms with Gasteiger partial charge in [0.05, 0.1) is 12.8 Å². The van der Waals surface area contributed by atoms with Gasteiger partial charge in [0.1, 0.15) is 23.1 Å². The Labute approximate surface area is 175 Å². The fourth-order valence-corrected chi connectivity index (χ4v) is 2.88. The van der Waals surface area contributed by atoms with Crippen LogP contribution in [0.2, 0.25) is 0 Å². The van der Waals surface area contributed by atoms with Crippen molar-refractivity contribution in [2.45, 2.75) is 20.8 Å². The summed E-state index contributed by atoms with van der Waals surface area (Å²) in [5.74, 6) is 3.16. The van der Waals surface area contributed by atoms with Crippen LogP contribution in [-0.4, -0.2) is 52.5 Å². The normalized spacial score (nSPS) is 10.5. The number of nitrogens with zero attached hydrogens (tertiary/aromatic N) is 4. The molecule has 3 aromatic rings. The lowest BCUT2D eigenvalue weighted by atomic mass is 10.3. The maximum absolute atomic E-state index is 12.0. The number of methoxy groups -OCH3 is 1. The lowest BCUT2D eigenvalue weighted by Crippen LogP contribution is -2.32. The molecule has 1 amide bonds. The summed E-state index contributed by atoms with van der Waals surface area (Å²) >= 11 is 0. The standard InChI is InChI=1S/C21H26N6O3/c1-14-11-15(2)27(26-14)20-12-19(24-16(3)25-20)22-9-10-23-21(28)13-30-18-7-5-17(29-4)6-8-18/h5-8,11-12H,9-10,13H2,1-4H3,(H,23,28)(H,22,24,25). The van der Waals surface area contributed by atoms with Gasteiger partial charge in [0.25, 0.3) is 5.91 Å². The fourth-order valence-electron chi connectivity index (χ4n) is 2.88. The highest BCUT2D eigenvalue weighted by atomic mass is 16.5. The first-order valence-electron chi connectivity index (χ1n) is 9.61. The average molecular weight is 410 g/mol. The van der Waals surface area contributed by atoms with E-state index in [4.69, 9.17) is 9.47 Å². The summed E-state index contributed by atoms with van der Waals surface area (Å²) in [5.41, 5.74) is 1.93. The van der Waals surface area contributed by atoms with E-state index in [-0.39, 0.29) is 12.5 Å². The molecule has 0 radical (unpaired) electrons. The van der Waals surface area contributed by atoms with Crippen LogP contribution in [0.1, 0.15) is 17.2 Å². The van der Waals surface area contributed by atoms with Crippen LogP contribution in [0, 0.1) is 20.8 Å². The molecule has 0 bridgehead atoms. The zero-order chi connectivity index (χ0) is 21.5. The Morgan fingerprint density at radius 2 is 1.77 bits per heavy atom. The van der Waals surface area contributed by atoms with E-state index >= 15 is 0 Å². The Bertz CT molecular complexity index is 1000. The maximum Gasteiger partial charge on any atom is 0.258 e. The number of rotatable bonds is 9. The number of hydrogen-bond donors (Lipinski definition) is 2. The summed E-state index contributed by atoms with van der Waals surface area (Å²) in [6, 6.07) is 10.9. The van der Waals surface area contributed by atoms with Crippen molar-refractivity contribution >= 4 is 11.7 Å². The second kappa shape index (κ2) is 9.73. The predicted octanol–water partition coefficient (Wildman–Crippen LogP) is 2.20. The summed E-state index contributed by atoms with van der Waals surface area (Å²) < 4.78 is 12.3. The predicted molar refractivity (Wildman–Crippen MR) is 113 cm³/mol. The van der Waals surface area contributed by atoms with Crippen LogP contribution in [0.5, 0.6) is 11.5 Å². The number of aryl methyl sites for hydroxylation is 3. The monoisotopic (exact) mass is 410 g/mol. The van der Waals surface area contributed by atoms with Gasteiger partial charge in [-0.3, -0.25) is 4.79 Å². The largest absolute Gasteiger partial charge is 0.497 e. The van der Waals surface area contributed by atoms with E-state index in [1.165, 1.54) is 0 Å². The van der Waals surface area contributed by atoms with E-state index in [0.29, 0.717) is 36.3 Å². The molecular formula is C21H26N6O3. The van der Waals surface area contributed by atoms with E-state index in [1.54, 1.807) is 36.1 Å². The molecule has 0 atom stereocenters. The number of amides is 1. The highest BCUT2D eigenvalue weighted by molar-refractivity contribution is 5.77. The Hall–Kier alpha value is -3.62. The van der Waals surface area contributed by atoms with E-state index < -0.39 is 0 Å². The number of benzene rings is 1. The molecule has 2 N–H and O–H groups in total. The van der Waals surface area contributed by atoms with Crippen molar-refractivity contribution in [3.8, 4) is 17.3 Å². The van der Waals surface area contributed by atoms with Gasteiger partial charge in [-0.2, -0.15) is 5.10 Å². The number of nitrogens with one attached hydrogen (secondary N) is 2. The van der Waals surface area contributed by atoms with Crippen molar-refractivity contribution in [2.75, 3.05) is 32.1 Å². The van der Waals surface area contributed by atoms with Crippen LogP contribution in [0.4, 0.5) is 5.82 Å². The Balaban J connectivity index is 1.45. The number of anilines is 1. The number of carbonyl (C=O) groups excluding carboxylic acids is 1. The summed E-state index contributed by atoms with van der Waals surface area (Å²) in [6.07, 6.45) is 0. The van der Waals surface area contributed by atoms with Crippen molar-refractivity contribution < 1.29 is 14.3 Å². The smallest absolute Gasteiger partial charge is 0.258 e. The van der Waals surface area contributed by atoms with Crippen LogP contribution in [0.15, 0.2) is 36.4 Å². The van der Waals surface area contributed by atoms with Crippen molar-refractivity contribution in [2.24, 2.45) is 0 Å². The fraction of sp³-hybridized carbons (Fsp3) is 0.333. The second-order valence-electron chi connectivity index (χ2n) is 6.74. The summed E-state index contributed by atoms with van der Waals surface area (Å²) in [5, 5.41) is 10.5. The Kier molecular flexibility index (Phi) is 6.84. The van der Waals surface area contributed by atoms with Gasteiger partial charge in [-0.05, 0) is 51.1 Å². The van der Waals surface area contributed by atoms with Gasteiger partial charge in [-0.15, -0.1) is 0 Å². The second-order valence-corrected chi connectivity index (χ2v) is 6.74. The molecule has 2 aromatic heterocycles. The van der Waals surface area contributed by atoms with E-state index in [2.05, 4.69) is 25.7 Å². The molecule has 1 aromatic carbocycles. The van der Waals surface area contributed by atoms with Crippen LogP contribution in [0.3, 0.4) is 0 Å². The van der Waals surface area contributed by atoms with Crippen LogP contribution < -0.4 is 20.1 Å². The van der Waals surface area contributed by atoms with Crippen molar-refractivity contribution in [3.63, 3.8) is 0 Å². The highest BCUT2D eigenvalue weighted by Crippen LogP contribution is 2.17. The lowest BCUT2D eigenvalue weighted by molar-refractivity contribution is -0.123. The van der Waals surface area contributed by atoms with E-state index in [0.717, 1.165) is 17.1 Å². The third-order valence-electron chi connectivity index (χ3n) is 4.23. The van der Waals surface area contributed by atoms with Crippen molar-refractivity contribution in [1.82, 2.24) is 25.1 Å². The zero-order valence-corrected chi connectivity index (χ0v) is 17.6. The quantitative estimate of drug-likeness (QED) is 0.521. The molecular weight excluding hydrogens is 384 g/mol. The molecule has 30 heavy (non-hydrogen) atoms. The molecule has 0 aliphatic carbocycles. The molecule has 0 fully saturated rings. The minimum absolute atomic E-state index is 0.0545. The third kappa shape index (κ3) is 5.69. The molecule has 0 spiro atoms. The van der Waals surface area contributed by atoms with Crippen LogP contribution >= 0.6 is 0 Å². The first-order chi connectivity index (χ1) is 14.4. The summed E-state index contributed by atoms with van der Waals surface area (Å²) in [4.78, 5) is 20.8. The maximum atomic E-state index is 12.0. The molecule has 3 rings (SSSR count). The minimum Gasteiger partial charge on any atom is -0.497 e. The highest BCUT2D eigenvalue weighted by Gasteiger charge is 2.08. The number of ether oxygens (including phenoxy) is 2. The molecule has 2 heterocycles. The third-order valence-corrected chi connectivity index (χ3v) is 4.23. The molecule has 0 unspecified atom stereocenters. The summed E-state index contributed by atoms with van der Waals surface area (Å²) in [6.45, 7) is 6.65. The van der Waals surface area contributed by atoms with E-state index in [9.17, 15) is 4.79 Å². The molecule has 0 saturated carbocycles. The molecule has 0 aliphatic rings. The van der Waals surface area contributed by atoms with Crippen molar-refractivity contribution in [3.05, 3.63) is 53.6 Å². The minimum atomic E-state index is -0.199. The molecule has 158 valence electrons. The van der Waals surface area contributed by atoms with Crippen molar-refractivity contribution in [1.29, 1.82) is 0 Å². The van der Waals surface area contributed by atoms with Gasteiger partial charge in [-0.25, -0.2) is 14.6 Å². The Morgan fingerprint density at radius 1 is 1.03 bits per heavy atom. The molecule has 9 nitrogen and oxygen atoms in total. The molecule has 0 aliphatic heterocycles. The zero-order valence-electron chi connectivity index (χ0n) is 17.6. The van der Waals surface area contributed by atoms with Gasteiger partial charge in [-0.1, -0.05) is 0 Å². The van der Waals surface area contributed by atoms with Gasteiger partial charge in [0.2, 0.25) is 0 Å². The summed E-state index contributed by atoms with van der Waals surface area (Å²) in [7, 11) is 1.60. The topological polar surface area (TPSA) is 103 Å². The van der Waals surface area contributed by atoms with Crippen LogP contribution in [-0.2, 0) is 4.79 Å². The van der Waals surface area contributed by atoms with E-state index in [1.807, 2.05) is 32.9 Å². The van der Waals surface area contributed by atoms with Gasteiger partial charge >= 0.3 is 0 Å². The SMILES string of the molecule is COc1ccc(OCC(=O)NCCNc2cc(-n3nc(C)cc3C)nc(C)n2)cc1. The van der Waals surface area contributed by atoms with Crippen LogP contribution in [0.25, 0.3) is 5.82 Å². The first-order valence-corrected chi connectivity index (χ1v) is 9.61. The number of hydrogen-bond acceptors (Lipinski definition) is 7. The average Bonchev–Trinajstić information content (AvgIpc) is 3.07. The number of carbonyl (C=O) groups is 1. The molecule has 0 saturated heterocycles.